The van der Waals surface area contributed by atoms with E-state index in [0.717, 1.165) is 38.2 Å². The first-order chi connectivity index (χ1) is 15.0. The van der Waals surface area contributed by atoms with Crippen molar-refractivity contribution in [3.05, 3.63) is 83.2 Å². The minimum Gasteiger partial charge on any atom is -0.494 e. The number of carbonyl (C=O) groups excluding carboxylic acids is 1. The molecule has 6 heteroatoms. The Hall–Kier alpha value is -3.25. The van der Waals surface area contributed by atoms with Gasteiger partial charge in [-0.25, -0.2) is 4.98 Å². The van der Waals surface area contributed by atoms with Crippen molar-refractivity contribution in [2.45, 2.75) is 33.7 Å². The van der Waals surface area contributed by atoms with Gasteiger partial charge in [0, 0.05) is 12.4 Å². The van der Waals surface area contributed by atoms with Crippen molar-refractivity contribution in [2.75, 3.05) is 11.5 Å². The maximum absolute atomic E-state index is 13.5. The third-order valence-electron chi connectivity index (χ3n) is 5.10. The molecule has 2 heterocycles. The number of hydrogen-bond donors (Lipinski definition) is 0. The average Bonchev–Trinajstić information content (AvgIpc) is 3.18. The highest BCUT2D eigenvalue weighted by atomic mass is 32.1. The average molecular weight is 432 g/mol. The summed E-state index contributed by atoms with van der Waals surface area (Å²) in [5.74, 6) is 0.826. The first-order valence-corrected chi connectivity index (χ1v) is 11.1. The van der Waals surface area contributed by atoms with Crippen LogP contribution in [0.2, 0.25) is 0 Å². The Bertz CT molecular complexity index is 1200. The van der Waals surface area contributed by atoms with Crippen molar-refractivity contribution >= 4 is 32.6 Å². The number of rotatable bonds is 7. The smallest absolute Gasteiger partial charge is 0.233 e. The minimum absolute atomic E-state index is 0.0154. The number of pyridine rings is 1. The van der Waals surface area contributed by atoms with Crippen LogP contribution in [0.4, 0.5) is 5.13 Å². The standard InChI is InChI=1S/C25H25N3O2S/c1-4-30-21-9-10-22-23(14-21)31-25(27-22)28(16-19-6-5-11-26-15-19)24(29)13-20-12-17(2)7-8-18(20)3/h5-12,14-15H,4,13,16H2,1-3H3. The lowest BCUT2D eigenvalue weighted by Crippen LogP contribution is -2.32. The number of fused-ring (bicyclic) bond motifs is 1. The lowest BCUT2D eigenvalue weighted by Gasteiger charge is -2.20. The number of aryl methyl sites for hydroxylation is 2. The maximum Gasteiger partial charge on any atom is 0.233 e. The summed E-state index contributed by atoms with van der Waals surface area (Å²) in [6.45, 7) is 7.09. The van der Waals surface area contributed by atoms with Gasteiger partial charge >= 0.3 is 0 Å². The second kappa shape index (κ2) is 9.27. The normalized spacial score (nSPS) is 10.9. The Balaban J connectivity index is 1.69. The van der Waals surface area contributed by atoms with Gasteiger partial charge in [0.25, 0.3) is 0 Å². The Labute approximate surface area is 186 Å². The van der Waals surface area contributed by atoms with E-state index in [1.807, 2.05) is 51.1 Å². The highest BCUT2D eigenvalue weighted by Crippen LogP contribution is 2.32. The van der Waals surface area contributed by atoms with Crippen LogP contribution in [0.3, 0.4) is 0 Å². The number of amides is 1. The van der Waals surface area contributed by atoms with Gasteiger partial charge in [0.1, 0.15) is 5.75 Å². The van der Waals surface area contributed by atoms with E-state index in [-0.39, 0.29) is 5.91 Å². The number of ether oxygens (including phenoxy) is 1. The van der Waals surface area contributed by atoms with E-state index in [9.17, 15) is 4.79 Å². The van der Waals surface area contributed by atoms with Gasteiger partial charge in [0.2, 0.25) is 5.91 Å². The second-order valence-electron chi connectivity index (χ2n) is 7.51. The van der Waals surface area contributed by atoms with E-state index in [1.165, 1.54) is 11.3 Å². The van der Waals surface area contributed by atoms with Crippen molar-refractivity contribution in [2.24, 2.45) is 0 Å². The molecule has 4 aromatic rings. The summed E-state index contributed by atoms with van der Waals surface area (Å²) in [5, 5.41) is 0.683. The van der Waals surface area contributed by atoms with Crippen LogP contribution in [0.1, 0.15) is 29.2 Å². The van der Waals surface area contributed by atoms with Gasteiger partial charge in [0.15, 0.2) is 5.13 Å². The van der Waals surface area contributed by atoms with Gasteiger partial charge in [-0.1, -0.05) is 41.2 Å². The maximum atomic E-state index is 13.5. The Morgan fingerprint density at radius 1 is 1.13 bits per heavy atom. The van der Waals surface area contributed by atoms with Gasteiger partial charge in [-0.05, 0) is 61.7 Å². The molecule has 4 rings (SSSR count). The van der Waals surface area contributed by atoms with Crippen molar-refractivity contribution < 1.29 is 9.53 Å². The zero-order valence-electron chi connectivity index (χ0n) is 18.0. The van der Waals surface area contributed by atoms with Gasteiger partial charge in [0.05, 0.1) is 29.8 Å². The number of benzene rings is 2. The first-order valence-electron chi connectivity index (χ1n) is 10.3. The monoisotopic (exact) mass is 431 g/mol. The predicted octanol–water partition coefficient (Wildman–Crippen LogP) is 5.48. The van der Waals surface area contributed by atoms with Gasteiger partial charge in [-0.15, -0.1) is 0 Å². The molecule has 2 aromatic carbocycles. The summed E-state index contributed by atoms with van der Waals surface area (Å²) in [6, 6.07) is 15.9. The number of nitrogens with zero attached hydrogens (tertiary/aromatic N) is 3. The van der Waals surface area contributed by atoms with E-state index >= 15 is 0 Å². The Morgan fingerprint density at radius 3 is 2.77 bits per heavy atom. The molecule has 2 aromatic heterocycles. The topological polar surface area (TPSA) is 55.3 Å². The van der Waals surface area contributed by atoms with Crippen LogP contribution in [0.15, 0.2) is 60.9 Å². The Kier molecular flexibility index (Phi) is 6.28. The lowest BCUT2D eigenvalue weighted by atomic mass is 10.0. The van der Waals surface area contributed by atoms with Gasteiger partial charge in [-0.3, -0.25) is 14.7 Å². The van der Waals surface area contributed by atoms with Crippen LogP contribution < -0.4 is 9.64 Å². The molecule has 0 bridgehead atoms. The molecule has 1 amide bonds. The first kappa shape index (κ1) is 21.0. The SMILES string of the molecule is CCOc1ccc2nc(N(Cc3cccnc3)C(=O)Cc3cc(C)ccc3C)sc2c1. The molecule has 0 spiro atoms. The molecule has 0 aliphatic carbocycles. The van der Waals surface area contributed by atoms with Crippen LogP contribution in [-0.4, -0.2) is 22.5 Å². The molecule has 0 saturated heterocycles. The second-order valence-corrected chi connectivity index (χ2v) is 8.52. The zero-order chi connectivity index (χ0) is 21.8. The summed E-state index contributed by atoms with van der Waals surface area (Å²) in [6.07, 6.45) is 3.85. The Morgan fingerprint density at radius 2 is 2.00 bits per heavy atom. The third-order valence-corrected chi connectivity index (χ3v) is 6.14. The quantitative estimate of drug-likeness (QED) is 0.389. The molecule has 0 aliphatic rings. The predicted molar refractivity (Wildman–Crippen MR) is 126 cm³/mol. The fraction of sp³-hybridized carbons (Fsp3) is 0.240. The van der Waals surface area contributed by atoms with Crippen LogP contribution in [0, 0.1) is 13.8 Å². The minimum atomic E-state index is 0.0154. The molecule has 31 heavy (non-hydrogen) atoms. The van der Waals surface area contributed by atoms with Gasteiger partial charge in [-0.2, -0.15) is 0 Å². The molecule has 0 radical (unpaired) electrons. The van der Waals surface area contributed by atoms with Crippen molar-refractivity contribution in [3.8, 4) is 5.75 Å². The van der Waals surface area contributed by atoms with Crippen molar-refractivity contribution in [3.63, 3.8) is 0 Å². The van der Waals surface area contributed by atoms with Crippen LogP contribution >= 0.6 is 11.3 Å². The molecular formula is C25H25N3O2S. The highest BCUT2D eigenvalue weighted by molar-refractivity contribution is 7.22. The van der Waals surface area contributed by atoms with Crippen LogP contribution in [0.5, 0.6) is 5.75 Å². The summed E-state index contributed by atoms with van der Waals surface area (Å²) in [7, 11) is 0. The van der Waals surface area contributed by atoms with Crippen LogP contribution in [-0.2, 0) is 17.8 Å². The summed E-state index contributed by atoms with van der Waals surface area (Å²) < 4.78 is 6.62. The molecule has 0 aliphatic heterocycles. The van der Waals surface area contributed by atoms with Gasteiger partial charge < -0.3 is 4.74 Å². The van der Waals surface area contributed by atoms with Crippen molar-refractivity contribution in [1.29, 1.82) is 0 Å². The van der Waals surface area contributed by atoms with E-state index in [0.29, 0.717) is 24.7 Å². The lowest BCUT2D eigenvalue weighted by molar-refractivity contribution is -0.118. The summed E-state index contributed by atoms with van der Waals surface area (Å²) in [5.41, 5.74) is 5.13. The van der Waals surface area contributed by atoms with Crippen LogP contribution in [0.25, 0.3) is 10.2 Å². The number of anilines is 1. The zero-order valence-corrected chi connectivity index (χ0v) is 18.8. The molecule has 0 N–H and O–H groups in total. The molecule has 0 fully saturated rings. The highest BCUT2D eigenvalue weighted by Gasteiger charge is 2.21. The molecular weight excluding hydrogens is 406 g/mol. The molecule has 0 saturated carbocycles. The molecule has 5 nitrogen and oxygen atoms in total. The third kappa shape index (κ3) is 4.91. The largest absolute Gasteiger partial charge is 0.494 e. The fourth-order valence-corrected chi connectivity index (χ4v) is 4.46. The van der Waals surface area contributed by atoms with E-state index in [2.05, 4.69) is 23.2 Å². The van der Waals surface area contributed by atoms with E-state index in [4.69, 9.17) is 9.72 Å². The summed E-state index contributed by atoms with van der Waals surface area (Å²) >= 11 is 1.50. The fourth-order valence-electron chi connectivity index (χ4n) is 3.45. The number of carbonyl (C=O) groups is 1. The summed E-state index contributed by atoms with van der Waals surface area (Å²) in [4.78, 5) is 24.2. The van der Waals surface area contributed by atoms with Crippen molar-refractivity contribution in [1.82, 2.24) is 9.97 Å². The number of hydrogen-bond acceptors (Lipinski definition) is 5. The number of aromatic nitrogens is 2. The molecule has 158 valence electrons. The van der Waals surface area contributed by atoms with E-state index < -0.39 is 0 Å². The molecule has 0 unspecified atom stereocenters. The molecule has 0 atom stereocenters. The number of thiazole rings is 1. The van der Waals surface area contributed by atoms with E-state index in [1.54, 1.807) is 17.3 Å².